The molecule has 1 aliphatic heterocycles. The maximum Gasteiger partial charge on any atom is 0.305 e. The lowest BCUT2D eigenvalue weighted by atomic mass is 9.72. The van der Waals surface area contributed by atoms with Gasteiger partial charge in [0.05, 0.1) is 25.2 Å². The van der Waals surface area contributed by atoms with Gasteiger partial charge in [0.25, 0.3) is 0 Å². The predicted molar refractivity (Wildman–Crippen MR) is 56.8 cm³/mol. The van der Waals surface area contributed by atoms with Gasteiger partial charge >= 0.3 is 5.97 Å². The summed E-state index contributed by atoms with van der Waals surface area (Å²) in [6.07, 6.45) is 2.07. The molecular formula is C12H18O4. The summed E-state index contributed by atoms with van der Waals surface area (Å²) in [5, 5.41) is 0. The summed E-state index contributed by atoms with van der Waals surface area (Å²) in [5.74, 6) is 0.153. The van der Waals surface area contributed by atoms with Gasteiger partial charge < -0.3 is 9.47 Å². The van der Waals surface area contributed by atoms with Crippen LogP contribution in [0.4, 0.5) is 0 Å². The number of ketones is 1. The fourth-order valence-corrected chi connectivity index (χ4v) is 2.75. The number of carbonyl (C=O) groups is 2. The number of carbonyl (C=O) groups excluding carboxylic acids is 2. The highest BCUT2D eigenvalue weighted by Crippen LogP contribution is 2.54. The van der Waals surface area contributed by atoms with Crippen molar-refractivity contribution in [2.45, 2.75) is 44.8 Å². The molecule has 90 valence electrons. The zero-order valence-corrected chi connectivity index (χ0v) is 9.99. The number of rotatable bonds is 3. The SMILES string of the molecule is COC(=O)C[C@@H]1C[C@@H](C(C)=O)C[C@@H]2O[C@]12C. The smallest absolute Gasteiger partial charge is 0.305 e. The van der Waals surface area contributed by atoms with E-state index in [-0.39, 0.29) is 35.3 Å². The van der Waals surface area contributed by atoms with Gasteiger partial charge in [0.2, 0.25) is 0 Å². The van der Waals surface area contributed by atoms with Crippen LogP contribution in [0.25, 0.3) is 0 Å². The van der Waals surface area contributed by atoms with Crippen molar-refractivity contribution in [2.75, 3.05) is 7.11 Å². The number of Topliss-reactive ketones (excluding diaryl/α,β-unsaturated/α-hetero) is 1. The van der Waals surface area contributed by atoms with Crippen LogP contribution in [0.2, 0.25) is 0 Å². The van der Waals surface area contributed by atoms with Crippen LogP contribution in [0.15, 0.2) is 0 Å². The van der Waals surface area contributed by atoms with E-state index in [1.807, 2.05) is 6.92 Å². The molecule has 4 heteroatoms. The lowest BCUT2D eigenvalue weighted by Crippen LogP contribution is -2.35. The summed E-state index contributed by atoms with van der Waals surface area (Å²) in [6.45, 7) is 3.65. The summed E-state index contributed by atoms with van der Waals surface area (Å²) in [4.78, 5) is 22.7. The Labute approximate surface area is 95.3 Å². The summed E-state index contributed by atoms with van der Waals surface area (Å²) < 4.78 is 10.3. The second kappa shape index (κ2) is 3.84. The molecule has 0 unspecified atom stereocenters. The molecule has 0 aromatic rings. The lowest BCUT2D eigenvalue weighted by Gasteiger charge is -2.28. The molecule has 0 amide bonds. The molecular weight excluding hydrogens is 208 g/mol. The minimum absolute atomic E-state index is 0.0511. The van der Waals surface area contributed by atoms with Crippen molar-refractivity contribution >= 4 is 11.8 Å². The van der Waals surface area contributed by atoms with Gasteiger partial charge in [-0.3, -0.25) is 9.59 Å². The zero-order valence-electron chi connectivity index (χ0n) is 9.99. The molecule has 1 saturated heterocycles. The summed E-state index contributed by atoms with van der Waals surface area (Å²) >= 11 is 0. The molecule has 4 nitrogen and oxygen atoms in total. The van der Waals surface area contributed by atoms with E-state index in [9.17, 15) is 9.59 Å². The average Bonchev–Trinajstić information content (AvgIpc) is 2.89. The first-order chi connectivity index (χ1) is 7.47. The first-order valence-corrected chi connectivity index (χ1v) is 5.72. The van der Waals surface area contributed by atoms with E-state index in [2.05, 4.69) is 4.74 Å². The molecule has 0 aromatic carbocycles. The molecule has 2 fully saturated rings. The van der Waals surface area contributed by atoms with Gasteiger partial charge in [0.1, 0.15) is 5.78 Å². The summed E-state index contributed by atoms with van der Waals surface area (Å²) in [7, 11) is 1.39. The number of methoxy groups -OCH3 is 1. The van der Waals surface area contributed by atoms with Crippen LogP contribution in [0.3, 0.4) is 0 Å². The van der Waals surface area contributed by atoms with Crippen molar-refractivity contribution in [3.63, 3.8) is 0 Å². The second-order valence-electron chi connectivity index (χ2n) is 5.05. The van der Waals surface area contributed by atoms with E-state index in [1.54, 1.807) is 6.92 Å². The average molecular weight is 226 g/mol. The molecule has 0 N–H and O–H groups in total. The molecule has 1 saturated carbocycles. The van der Waals surface area contributed by atoms with E-state index in [4.69, 9.17) is 4.74 Å². The Bertz CT molecular complexity index is 325. The third-order valence-electron chi connectivity index (χ3n) is 4.07. The van der Waals surface area contributed by atoms with Crippen LogP contribution in [-0.2, 0) is 19.1 Å². The van der Waals surface area contributed by atoms with Crippen LogP contribution in [0.5, 0.6) is 0 Å². The number of hydrogen-bond acceptors (Lipinski definition) is 4. The van der Waals surface area contributed by atoms with Gasteiger partial charge in [-0.1, -0.05) is 0 Å². The van der Waals surface area contributed by atoms with E-state index in [0.29, 0.717) is 6.42 Å². The summed E-state index contributed by atoms with van der Waals surface area (Å²) in [5.41, 5.74) is -0.194. The van der Waals surface area contributed by atoms with Gasteiger partial charge in [0.15, 0.2) is 0 Å². The van der Waals surface area contributed by atoms with Gasteiger partial charge in [0, 0.05) is 11.8 Å². The number of hydrogen-bond donors (Lipinski definition) is 0. The Hall–Kier alpha value is -0.900. The molecule has 16 heavy (non-hydrogen) atoms. The molecule has 0 bridgehead atoms. The monoisotopic (exact) mass is 226 g/mol. The molecule has 0 radical (unpaired) electrons. The molecule has 2 rings (SSSR count). The third-order valence-corrected chi connectivity index (χ3v) is 4.07. The van der Waals surface area contributed by atoms with Crippen molar-refractivity contribution in [3.8, 4) is 0 Å². The van der Waals surface area contributed by atoms with Crippen LogP contribution in [0.1, 0.15) is 33.1 Å². The van der Waals surface area contributed by atoms with Crippen LogP contribution in [0, 0.1) is 11.8 Å². The Kier molecular flexibility index (Phi) is 2.78. The zero-order chi connectivity index (χ0) is 11.9. The van der Waals surface area contributed by atoms with Crippen molar-refractivity contribution < 1.29 is 19.1 Å². The van der Waals surface area contributed by atoms with Gasteiger partial charge in [-0.05, 0) is 26.7 Å². The number of ether oxygens (including phenoxy) is 2. The number of fused-ring (bicyclic) bond motifs is 1. The molecule has 1 aliphatic carbocycles. The predicted octanol–water partition coefficient (Wildman–Crippen LogP) is 1.32. The molecule has 4 atom stereocenters. The quantitative estimate of drug-likeness (QED) is 0.538. The van der Waals surface area contributed by atoms with E-state index in [1.165, 1.54) is 7.11 Å². The molecule has 0 aromatic heterocycles. The Morgan fingerprint density at radius 1 is 1.44 bits per heavy atom. The Morgan fingerprint density at radius 3 is 2.69 bits per heavy atom. The van der Waals surface area contributed by atoms with E-state index < -0.39 is 0 Å². The van der Waals surface area contributed by atoms with Crippen LogP contribution < -0.4 is 0 Å². The highest BCUT2D eigenvalue weighted by Gasteiger charge is 2.61. The Morgan fingerprint density at radius 2 is 2.12 bits per heavy atom. The first kappa shape index (κ1) is 11.6. The van der Waals surface area contributed by atoms with Gasteiger partial charge in [-0.15, -0.1) is 0 Å². The minimum atomic E-state index is -0.218. The lowest BCUT2D eigenvalue weighted by molar-refractivity contribution is -0.143. The van der Waals surface area contributed by atoms with Crippen LogP contribution >= 0.6 is 0 Å². The van der Waals surface area contributed by atoms with Crippen molar-refractivity contribution in [2.24, 2.45) is 11.8 Å². The maximum atomic E-state index is 11.4. The highest BCUT2D eigenvalue weighted by atomic mass is 16.6. The molecule has 1 heterocycles. The van der Waals surface area contributed by atoms with Crippen molar-refractivity contribution in [1.82, 2.24) is 0 Å². The fourth-order valence-electron chi connectivity index (χ4n) is 2.75. The number of epoxide rings is 1. The topological polar surface area (TPSA) is 55.9 Å². The molecule has 0 spiro atoms. The second-order valence-corrected chi connectivity index (χ2v) is 5.05. The Balaban J connectivity index is 2.04. The van der Waals surface area contributed by atoms with Crippen molar-refractivity contribution in [1.29, 1.82) is 0 Å². The van der Waals surface area contributed by atoms with Gasteiger partial charge in [-0.2, -0.15) is 0 Å². The number of esters is 1. The standard InChI is InChI=1S/C12H18O4/c1-7(13)8-4-9(6-11(14)15-3)12(2)10(5-8)16-12/h8-10H,4-6H2,1-3H3/t8-,9+,10+,12-/m1/s1. The third kappa shape index (κ3) is 1.86. The van der Waals surface area contributed by atoms with Crippen LogP contribution in [-0.4, -0.2) is 30.6 Å². The highest BCUT2D eigenvalue weighted by molar-refractivity contribution is 5.79. The maximum absolute atomic E-state index is 11.4. The van der Waals surface area contributed by atoms with Crippen molar-refractivity contribution in [3.05, 3.63) is 0 Å². The van der Waals surface area contributed by atoms with E-state index in [0.717, 1.165) is 12.8 Å². The first-order valence-electron chi connectivity index (χ1n) is 5.72. The normalized spacial score (nSPS) is 41.1. The largest absolute Gasteiger partial charge is 0.469 e. The minimum Gasteiger partial charge on any atom is -0.469 e. The summed E-state index contributed by atoms with van der Waals surface area (Å²) in [6, 6.07) is 0. The molecule has 2 aliphatic rings. The fraction of sp³-hybridized carbons (Fsp3) is 0.833. The van der Waals surface area contributed by atoms with Gasteiger partial charge in [-0.25, -0.2) is 0 Å². The van der Waals surface area contributed by atoms with E-state index >= 15 is 0 Å².